The number of carbonyl (C=O) groups is 1. The molecule has 1 fully saturated rings. The van der Waals surface area contributed by atoms with Gasteiger partial charge >= 0.3 is 0 Å². The molecule has 0 bridgehead atoms. The van der Waals surface area contributed by atoms with Gasteiger partial charge in [0.1, 0.15) is 0 Å². The van der Waals surface area contributed by atoms with Gasteiger partial charge < -0.3 is 4.74 Å². The minimum atomic E-state index is 0.431. The fourth-order valence-corrected chi connectivity index (χ4v) is 3.66. The van der Waals surface area contributed by atoms with Crippen molar-refractivity contribution in [2.24, 2.45) is 0 Å². The monoisotopic (exact) mass is 317 g/mol. The van der Waals surface area contributed by atoms with Crippen LogP contribution >= 0.6 is 8.19 Å². The average molecular weight is 317 g/mol. The second kappa shape index (κ2) is 9.45. The maximum Gasteiger partial charge on any atom is 0.293 e. The fourth-order valence-electron chi connectivity index (χ4n) is 2.75. The lowest BCUT2D eigenvalue weighted by Gasteiger charge is -2.15. The lowest BCUT2D eigenvalue weighted by molar-refractivity contribution is -0.128. The third-order valence-electron chi connectivity index (χ3n) is 3.85. The highest BCUT2D eigenvalue weighted by Gasteiger charge is 2.23. The van der Waals surface area contributed by atoms with Gasteiger partial charge in [-0.3, -0.25) is 9.69 Å². The summed E-state index contributed by atoms with van der Waals surface area (Å²) in [7, 11) is 0.920. The molecule has 2 atom stereocenters. The van der Waals surface area contributed by atoms with Crippen LogP contribution in [0.3, 0.4) is 0 Å². The molecular weight excluding hydrogens is 293 g/mol. The number of benzene rings is 1. The lowest BCUT2D eigenvalue weighted by Crippen LogP contribution is -2.19. The highest BCUT2D eigenvalue weighted by atomic mass is 31.0. The second-order valence-electron chi connectivity index (χ2n) is 5.40. The number of nitrogens with zero attached hydrogens (tertiary/aromatic N) is 1. The Hall–Kier alpha value is -1.57. The molecule has 2 aromatic rings. The number of hydrogen-bond donors (Lipinski definition) is 0. The third-order valence-corrected chi connectivity index (χ3v) is 4.71. The van der Waals surface area contributed by atoms with E-state index in [1.54, 1.807) is 12.5 Å². The van der Waals surface area contributed by atoms with Gasteiger partial charge in [0.15, 0.2) is 0 Å². The summed E-state index contributed by atoms with van der Waals surface area (Å²) in [5.41, 5.74) is 3.02. The Morgan fingerprint density at radius 3 is 2.73 bits per heavy atom. The highest BCUT2D eigenvalue weighted by Crippen LogP contribution is 2.30. The van der Waals surface area contributed by atoms with E-state index in [2.05, 4.69) is 57.6 Å². The van der Waals surface area contributed by atoms with Crippen LogP contribution in [-0.2, 0) is 16.1 Å². The van der Waals surface area contributed by atoms with Crippen molar-refractivity contribution in [2.75, 3.05) is 19.7 Å². The molecule has 0 amide bonds. The number of likely N-dealkylation sites (tertiary alicyclic amines) is 1. The molecule has 4 heteroatoms. The molecule has 3 rings (SSSR count). The summed E-state index contributed by atoms with van der Waals surface area (Å²) >= 11 is 0. The summed E-state index contributed by atoms with van der Waals surface area (Å²) in [6.45, 7) is 6.25. The third kappa shape index (κ3) is 5.32. The molecule has 2 heterocycles. The van der Waals surface area contributed by atoms with Gasteiger partial charge in [-0.15, -0.1) is 8.19 Å². The topological polar surface area (TPSA) is 29.5 Å². The molecule has 22 heavy (non-hydrogen) atoms. The van der Waals surface area contributed by atoms with Crippen molar-refractivity contribution in [2.45, 2.75) is 25.8 Å². The number of carbonyl (C=O) groups excluding carboxylic acids is 1. The molecule has 0 saturated carbocycles. The van der Waals surface area contributed by atoms with Crippen LogP contribution in [0, 0.1) is 0 Å². The quantitative estimate of drug-likeness (QED) is 0.784. The SMILES string of the molecule is CCOC=O.c1ccc(CN2CCC(c3cc[pH]c3)C2)cc1. The normalized spacial score (nSPS) is 18.0. The summed E-state index contributed by atoms with van der Waals surface area (Å²) in [5.74, 6) is 5.50. The van der Waals surface area contributed by atoms with Gasteiger partial charge in [-0.2, -0.15) is 0 Å². The molecule has 2 unspecified atom stereocenters. The fraction of sp³-hybridized carbons (Fsp3) is 0.389. The first-order chi connectivity index (χ1) is 10.8. The van der Waals surface area contributed by atoms with E-state index in [0.29, 0.717) is 13.1 Å². The molecule has 1 aliphatic rings. The Kier molecular flexibility index (Phi) is 7.21. The standard InChI is InChI=1S/C15H18NP.C3H6O2/c1-2-4-13(5-3-1)10-16-8-6-14(11-16)15-7-9-17-12-15;1-2-5-3-4/h1-5,7,9,12,14,17H,6,8,10-11H2;3H,2H2,1H3. The molecular formula is C18H24NO2P. The molecule has 0 radical (unpaired) electrons. The maximum absolute atomic E-state index is 9.18. The van der Waals surface area contributed by atoms with E-state index in [1.165, 1.54) is 25.1 Å². The minimum absolute atomic E-state index is 0.431. The predicted molar refractivity (Wildman–Crippen MR) is 92.7 cm³/mol. The number of rotatable bonds is 5. The largest absolute Gasteiger partial charge is 0.468 e. The van der Waals surface area contributed by atoms with Gasteiger partial charge in [0.2, 0.25) is 0 Å². The Balaban J connectivity index is 0.000000309. The Bertz CT molecular complexity index is 527. The average Bonchev–Trinajstić information content (AvgIpc) is 3.21. The first-order valence-corrected chi connectivity index (χ1v) is 8.93. The van der Waals surface area contributed by atoms with Crippen LogP contribution in [0.2, 0.25) is 0 Å². The number of hydrogen-bond acceptors (Lipinski definition) is 3. The highest BCUT2D eigenvalue weighted by molar-refractivity contribution is 7.28. The molecule has 118 valence electrons. The van der Waals surface area contributed by atoms with E-state index in [4.69, 9.17) is 0 Å². The zero-order valence-electron chi connectivity index (χ0n) is 13.1. The van der Waals surface area contributed by atoms with Crippen LogP contribution in [0.15, 0.2) is 48.0 Å². The van der Waals surface area contributed by atoms with Gasteiger partial charge in [0.05, 0.1) is 6.61 Å². The summed E-state index contributed by atoms with van der Waals surface area (Å²) < 4.78 is 4.15. The molecule has 1 aromatic carbocycles. The van der Waals surface area contributed by atoms with Gasteiger partial charge in [-0.1, -0.05) is 36.4 Å². The summed E-state index contributed by atoms with van der Waals surface area (Å²) in [4.78, 5) is 11.8. The Labute approximate surface area is 134 Å². The van der Waals surface area contributed by atoms with E-state index < -0.39 is 0 Å². The van der Waals surface area contributed by atoms with Crippen LogP contribution in [0.4, 0.5) is 0 Å². The van der Waals surface area contributed by atoms with Crippen LogP contribution in [0.5, 0.6) is 0 Å². The predicted octanol–water partition coefficient (Wildman–Crippen LogP) is 3.89. The van der Waals surface area contributed by atoms with Crippen LogP contribution in [-0.4, -0.2) is 31.1 Å². The molecule has 1 aliphatic heterocycles. The van der Waals surface area contributed by atoms with E-state index in [1.807, 2.05) is 0 Å². The molecule has 0 spiro atoms. The Morgan fingerprint density at radius 2 is 2.14 bits per heavy atom. The van der Waals surface area contributed by atoms with Crippen molar-refractivity contribution in [3.8, 4) is 0 Å². The summed E-state index contributed by atoms with van der Waals surface area (Å²) in [6, 6.07) is 13.1. The van der Waals surface area contributed by atoms with Crippen molar-refractivity contribution in [3.05, 3.63) is 59.1 Å². The molecule has 3 nitrogen and oxygen atoms in total. The van der Waals surface area contributed by atoms with Crippen molar-refractivity contribution in [1.29, 1.82) is 0 Å². The Morgan fingerprint density at radius 1 is 1.32 bits per heavy atom. The molecule has 1 aromatic heterocycles. The van der Waals surface area contributed by atoms with Gasteiger partial charge in [-0.25, -0.2) is 0 Å². The van der Waals surface area contributed by atoms with Crippen LogP contribution < -0.4 is 0 Å². The zero-order valence-corrected chi connectivity index (χ0v) is 14.1. The van der Waals surface area contributed by atoms with Crippen molar-refractivity contribution in [1.82, 2.24) is 4.90 Å². The van der Waals surface area contributed by atoms with Gasteiger partial charge in [0, 0.05) is 13.1 Å². The minimum Gasteiger partial charge on any atom is -0.468 e. The lowest BCUT2D eigenvalue weighted by atomic mass is 10.0. The first-order valence-electron chi connectivity index (χ1n) is 7.77. The number of ether oxygens (including phenoxy) is 1. The van der Waals surface area contributed by atoms with Gasteiger partial charge in [0.25, 0.3) is 6.47 Å². The van der Waals surface area contributed by atoms with E-state index in [-0.39, 0.29) is 0 Å². The van der Waals surface area contributed by atoms with E-state index in [9.17, 15) is 4.79 Å². The van der Waals surface area contributed by atoms with E-state index in [0.717, 1.165) is 20.7 Å². The van der Waals surface area contributed by atoms with Gasteiger partial charge in [-0.05, 0) is 48.5 Å². The summed E-state index contributed by atoms with van der Waals surface area (Å²) in [6.07, 6.45) is 1.33. The molecule has 0 N–H and O–H groups in total. The molecule has 0 aliphatic carbocycles. The van der Waals surface area contributed by atoms with Crippen molar-refractivity contribution in [3.63, 3.8) is 0 Å². The van der Waals surface area contributed by atoms with Crippen LogP contribution in [0.1, 0.15) is 30.4 Å². The van der Waals surface area contributed by atoms with Crippen LogP contribution in [0.25, 0.3) is 0 Å². The smallest absolute Gasteiger partial charge is 0.293 e. The first kappa shape index (κ1) is 16.8. The second-order valence-corrected chi connectivity index (χ2v) is 6.36. The maximum atomic E-state index is 9.18. The van der Waals surface area contributed by atoms with Crippen molar-refractivity contribution < 1.29 is 9.53 Å². The zero-order chi connectivity index (χ0) is 15.6. The van der Waals surface area contributed by atoms with Crippen molar-refractivity contribution >= 4 is 14.7 Å². The summed E-state index contributed by atoms with van der Waals surface area (Å²) in [5, 5.41) is 0. The molecule has 1 saturated heterocycles. The van der Waals surface area contributed by atoms with E-state index >= 15 is 0 Å².